The largest absolute Gasteiger partial charge is 0.396 e. The maximum atomic E-state index is 9.56. The summed E-state index contributed by atoms with van der Waals surface area (Å²) < 4.78 is 4.91. The van der Waals surface area contributed by atoms with Crippen molar-refractivity contribution in [3.05, 3.63) is 12.7 Å². The molecule has 0 aromatic rings. The Morgan fingerprint density at radius 1 is 1.33 bits per heavy atom. The van der Waals surface area contributed by atoms with Crippen molar-refractivity contribution in [2.75, 3.05) is 26.4 Å². The minimum Gasteiger partial charge on any atom is -0.396 e. The number of aliphatic hydroxyl groups excluding tert-OH is 2. The van der Waals surface area contributed by atoms with Crippen molar-refractivity contribution in [3.63, 3.8) is 0 Å². The molecule has 3 N–H and O–H groups in total. The average Bonchev–Trinajstić information content (AvgIpc) is 2.06. The lowest BCUT2D eigenvalue weighted by molar-refractivity contribution is -0.0337. The predicted octanol–water partition coefficient (Wildman–Crippen LogP) is -0.705. The molecule has 0 aliphatic heterocycles. The summed E-state index contributed by atoms with van der Waals surface area (Å²) in [5.41, 5.74) is -1.18. The molecule has 0 saturated heterocycles. The number of ether oxygens (including phenoxy) is 1. The zero-order valence-electron chi connectivity index (χ0n) is 7.07. The summed E-state index contributed by atoms with van der Waals surface area (Å²) in [5.74, 6) is 0. The van der Waals surface area contributed by atoms with E-state index in [2.05, 4.69) is 6.58 Å². The van der Waals surface area contributed by atoms with Crippen LogP contribution < -0.4 is 0 Å². The van der Waals surface area contributed by atoms with Crippen LogP contribution in [0.1, 0.15) is 6.42 Å². The Kier molecular flexibility index (Phi) is 5.92. The van der Waals surface area contributed by atoms with E-state index in [-0.39, 0.29) is 32.8 Å². The first-order valence-electron chi connectivity index (χ1n) is 3.84. The van der Waals surface area contributed by atoms with Crippen LogP contribution in [0.4, 0.5) is 0 Å². The molecule has 0 spiro atoms. The smallest absolute Gasteiger partial charge is 0.108 e. The Labute approximate surface area is 72.1 Å². The van der Waals surface area contributed by atoms with Gasteiger partial charge in [-0.2, -0.15) is 0 Å². The van der Waals surface area contributed by atoms with Gasteiger partial charge in [0, 0.05) is 13.0 Å². The number of hydrogen-bond donors (Lipinski definition) is 3. The summed E-state index contributed by atoms with van der Waals surface area (Å²) in [7, 11) is 0. The summed E-state index contributed by atoms with van der Waals surface area (Å²) in [6, 6.07) is 0. The van der Waals surface area contributed by atoms with Crippen LogP contribution in [-0.2, 0) is 4.74 Å². The van der Waals surface area contributed by atoms with Crippen LogP contribution in [0.5, 0.6) is 0 Å². The normalized spacial score (nSPS) is 15.6. The molecule has 0 aromatic heterocycles. The minimum absolute atomic E-state index is 0.0532. The summed E-state index contributed by atoms with van der Waals surface area (Å²) >= 11 is 0. The van der Waals surface area contributed by atoms with Crippen molar-refractivity contribution >= 4 is 0 Å². The van der Waals surface area contributed by atoms with Crippen LogP contribution in [0.3, 0.4) is 0 Å². The second kappa shape index (κ2) is 6.14. The van der Waals surface area contributed by atoms with E-state index in [4.69, 9.17) is 14.9 Å². The van der Waals surface area contributed by atoms with E-state index in [0.29, 0.717) is 0 Å². The summed E-state index contributed by atoms with van der Waals surface area (Å²) in [4.78, 5) is 0. The van der Waals surface area contributed by atoms with Gasteiger partial charge in [-0.25, -0.2) is 0 Å². The van der Waals surface area contributed by atoms with Gasteiger partial charge in [-0.1, -0.05) is 6.08 Å². The van der Waals surface area contributed by atoms with Crippen LogP contribution in [-0.4, -0.2) is 47.3 Å². The number of rotatable bonds is 7. The quantitative estimate of drug-likeness (QED) is 0.354. The third kappa shape index (κ3) is 4.46. The second-order valence-electron chi connectivity index (χ2n) is 2.56. The first-order chi connectivity index (χ1) is 5.68. The molecule has 0 bridgehead atoms. The van der Waals surface area contributed by atoms with Crippen molar-refractivity contribution in [1.29, 1.82) is 0 Å². The van der Waals surface area contributed by atoms with Crippen molar-refractivity contribution < 1.29 is 20.1 Å². The Morgan fingerprint density at radius 3 is 2.42 bits per heavy atom. The van der Waals surface area contributed by atoms with Crippen LogP contribution in [0.25, 0.3) is 0 Å². The molecule has 0 aromatic carbocycles. The highest BCUT2D eigenvalue weighted by molar-refractivity contribution is 4.95. The summed E-state index contributed by atoms with van der Waals surface area (Å²) in [6.45, 7) is 3.46. The van der Waals surface area contributed by atoms with E-state index in [1.807, 2.05) is 0 Å². The third-order valence-electron chi connectivity index (χ3n) is 1.51. The fourth-order valence-electron chi connectivity index (χ4n) is 0.740. The highest BCUT2D eigenvalue weighted by atomic mass is 16.5. The van der Waals surface area contributed by atoms with Gasteiger partial charge >= 0.3 is 0 Å². The lowest BCUT2D eigenvalue weighted by Crippen LogP contribution is -2.33. The maximum Gasteiger partial charge on any atom is 0.108 e. The highest BCUT2D eigenvalue weighted by Crippen LogP contribution is 2.11. The van der Waals surface area contributed by atoms with E-state index in [1.165, 1.54) is 6.08 Å². The Morgan fingerprint density at radius 2 is 2.00 bits per heavy atom. The predicted molar refractivity (Wildman–Crippen MR) is 44.8 cm³/mol. The lowest BCUT2D eigenvalue weighted by Gasteiger charge is -2.22. The van der Waals surface area contributed by atoms with Crippen molar-refractivity contribution in [2.45, 2.75) is 12.0 Å². The highest BCUT2D eigenvalue weighted by Gasteiger charge is 2.21. The van der Waals surface area contributed by atoms with Crippen molar-refractivity contribution in [2.24, 2.45) is 0 Å². The van der Waals surface area contributed by atoms with E-state index in [9.17, 15) is 5.11 Å². The zero-order valence-corrected chi connectivity index (χ0v) is 7.07. The zero-order chi connectivity index (χ0) is 9.45. The van der Waals surface area contributed by atoms with Crippen LogP contribution in [0, 0.1) is 0 Å². The molecule has 0 saturated carbocycles. The fraction of sp³-hybridized carbons (Fsp3) is 0.750. The molecule has 0 rings (SSSR count). The molecule has 4 nitrogen and oxygen atoms in total. The topological polar surface area (TPSA) is 69.9 Å². The van der Waals surface area contributed by atoms with Gasteiger partial charge in [0.1, 0.15) is 5.60 Å². The molecular formula is C8H16O4. The van der Waals surface area contributed by atoms with Gasteiger partial charge in [0.25, 0.3) is 0 Å². The van der Waals surface area contributed by atoms with Gasteiger partial charge in [-0.15, -0.1) is 6.58 Å². The van der Waals surface area contributed by atoms with E-state index in [0.717, 1.165) is 0 Å². The summed E-state index contributed by atoms with van der Waals surface area (Å²) in [5, 5.41) is 26.5. The van der Waals surface area contributed by atoms with Gasteiger partial charge in [-0.3, -0.25) is 0 Å². The van der Waals surface area contributed by atoms with E-state index >= 15 is 0 Å². The Bertz CT molecular complexity index is 126. The van der Waals surface area contributed by atoms with Crippen LogP contribution in [0.15, 0.2) is 12.7 Å². The molecule has 12 heavy (non-hydrogen) atoms. The molecule has 0 radical (unpaired) electrons. The van der Waals surface area contributed by atoms with Crippen molar-refractivity contribution in [1.82, 2.24) is 0 Å². The third-order valence-corrected chi connectivity index (χ3v) is 1.51. The van der Waals surface area contributed by atoms with Gasteiger partial charge in [-0.05, 0) is 0 Å². The first-order valence-corrected chi connectivity index (χ1v) is 3.84. The van der Waals surface area contributed by atoms with Gasteiger partial charge in [0.05, 0.1) is 19.8 Å². The van der Waals surface area contributed by atoms with Crippen LogP contribution in [0.2, 0.25) is 0 Å². The molecular weight excluding hydrogens is 160 g/mol. The molecule has 4 heteroatoms. The standard InChI is InChI=1S/C8H16O4/c1-2-8(11,3-4-9)7-12-6-5-10/h2,9-11H,1,3-7H2. The number of aliphatic hydroxyl groups is 3. The summed E-state index contributed by atoms with van der Waals surface area (Å²) in [6.07, 6.45) is 1.53. The molecule has 0 heterocycles. The van der Waals surface area contributed by atoms with Crippen molar-refractivity contribution in [3.8, 4) is 0 Å². The lowest BCUT2D eigenvalue weighted by atomic mass is 10.0. The second-order valence-corrected chi connectivity index (χ2v) is 2.56. The molecule has 72 valence electrons. The first kappa shape index (κ1) is 11.6. The SMILES string of the molecule is C=CC(O)(CCO)COCCO. The average molecular weight is 176 g/mol. The monoisotopic (exact) mass is 176 g/mol. The molecule has 1 unspecified atom stereocenters. The van der Waals surface area contributed by atoms with Gasteiger partial charge in [0.15, 0.2) is 0 Å². The number of hydrogen-bond acceptors (Lipinski definition) is 4. The minimum atomic E-state index is -1.18. The van der Waals surface area contributed by atoms with E-state index in [1.54, 1.807) is 0 Å². The van der Waals surface area contributed by atoms with Crippen LogP contribution >= 0.6 is 0 Å². The maximum absolute atomic E-state index is 9.56. The molecule has 0 amide bonds. The molecule has 0 aliphatic carbocycles. The molecule has 0 aliphatic rings. The van der Waals surface area contributed by atoms with E-state index < -0.39 is 5.60 Å². The molecule has 0 fully saturated rings. The Balaban J connectivity index is 3.71. The molecule has 1 atom stereocenters. The van der Waals surface area contributed by atoms with Gasteiger partial charge in [0.2, 0.25) is 0 Å². The van der Waals surface area contributed by atoms with Gasteiger partial charge < -0.3 is 20.1 Å². The Hall–Kier alpha value is -0.420. The fourth-order valence-corrected chi connectivity index (χ4v) is 0.740.